The van der Waals surface area contributed by atoms with Crippen LogP contribution in [0.5, 0.6) is 0 Å². The zero-order valence-electron chi connectivity index (χ0n) is 9.78. The van der Waals surface area contributed by atoms with E-state index in [9.17, 15) is 4.79 Å². The molecule has 1 fully saturated rings. The predicted octanol–water partition coefficient (Wildman–Crippen LogP) is 0.455. The Morgan fingerprint density at radius 1 is 1.24 bits per heavy atom. The zero-order valence-corrected chi connectivity index (χ0v) is 9.78. The molecular weight excluding hydrogens is 214 g/mol. The number of amides is 1. The van der Waals surface area contributed by atoms with Crippen molar-refractivity contribution in [2.45, 2.75) is 12.5 Å². The molecule has 2 aliphatic heterocycles. The molecule has 0 saturated carbocycles. The summed E-state index contributed by atoms with van der Waals surface area (Å²) in [5.41, 5.74) is 2.36. The third-order valence-electron chi connectivity index (χ3n) is 3.50. The Kier molecular flexibility index (Phi) is 2.73. The fourth-order valence-corrected chi connectivity index (χ4v) is 2.55. The monoisotopic (exact) mass is 231 g/mol. The zero-order chi connectivity index (χ0) is 11.7. The molecule has 2 heterocycles. The molecule has 0 spiro atoms. The van der Waals surface area contributed by atoms with Crippen LogP contribution >= 0.6 is 0 Å². The highest BCUT2D eigenvalue weighted by Gasteiger charge is 2.30. The van der Waals surface area contributed by atoms with Gasteiger partial charge < -0.3 is 15.5 Å². The van der Waals surface area contributed by atoms with Gasteiger partial charge in [-0.3, -0.25) is 4.79 Å². The molecule has 1 amide bonds. The molecule has 1 aromatic carbocycles. The standard InChI is InChI=1S/C13H17N3O/c17-13(16-7-5-14-6-8-16)12-9-10-3-1-2-4-11(10)15-12/h1-4,12,14-15H,5-9H2. The van der Waals surface area contributed by atoms with E-state index >= 15 is 0 Å². The number of hydrogen-bond donors (Lipinski definition) is 2. The molecule has 0 radical (unpaired) electrons. The molecule has 2 N–H and O–H groups in total. The van der Waals surface area contributed by atoms with E-state index < -0.39 is 0 Å². The molecule has 1 saturated heterocycles. The van der Waals surface area contributed by atoms with E-state index in [1.54, 1.807) is 0 Å². The summed E-state index contributed by atoms with van der Waals surface area (Å²) in [6.07, 6.45) is 0.818. The second-order valence-electron chi connectivity index (χ2n) is 4.63. The van der Waals surface area contributed by atoms with Gasteiger partial charge in [0.1, 0.15) is 6.04 Å². The van der Waals surface area contributed by atoms with E-state index in [4.69, 9.17) is 0 Å². The maximum Gasteiger partial charge on any atom is 0.245 e. The summed E-state index contributed by atoms with van der Waals surface area (Å²) in [5, 5.41) is 6.58. The molecule has 0 aromatic heterocycles. The number of fused-ring (bicyclic) bond motifs is 1. The molecule has 0 bridgehead atoms. The van der Waals surface area contributed by atoms with Gasteiger partial charge in [-0.25, -0.2) is 0 Å². The fourth-order valence-electron chi connectivity index (χ4n) is 2.55. The summed E-state index contributed by atoms with van der Waals surface area (Å²) in [7, 11) is 0. The first kappa shape index (κ1) is 10.6. The first-order valence-electron chi connectivity index (χ1n) is 6.18. The largest absolute Gasteiger partial charge is 0.373 e. The van der Waals surface area contributed by atoms with Gasteiger partial charge in [0.15, 0.2) is 0 Å². The van der Waals surface area contributed by atoms with Crippen molar-refractivity contribution in [2.24, 2.45) is 0 Å². The minimum absolute atomic E-state index is 0.0644. The van der Waals surface area contributed by atoms with Gasteiger partial charge in [-0.1, -0.05) is 18.2 Å². The molecule has 1 aromatic rings. The Morgan fingerprint density at radius 2 is 2.00 bits per heavy atom. The van der Waals surface area contributed by atoms with Crippen molar-refractivity contribution < 1.29 is 4.79 Å². The van der Waals surface area contributed by atoms with Crippen LogP contribution in [0.3, 0.4) is 0 Å². The Balaban J connectivity index is 1.69. The Hall–Kier alpha value is -1.55. The maximum absolute atomic E-state index is 12.3. The molecule has 2 aliphatic rings. The number of rotatable bonds is 1. The molecular formula is C13H17N3O. The van der Waals surface area contributed by atoms with Crippen LogP contribution in [0.2, 0.25) is 0 Å². The average molecular weight is 231 g/mol. The molecule has 1 atom stereocenters. The van der Waals surface area contributed by atoms with Crippen molar-refractivity contribution in [3.63, 3.8) is 0 Å². The lowest BCUT2D eigenvalue weighted by molar-refractivity contribution is -0.132. The van der Waals surface area contributed by atoms with Crippen LogP contribution in [0, 0.1) is 0 Å². The van der Waals surface area contributed by atoms with Crippen LogP contribution in [0.15, 0.2) is 24.3 Å². The molecule has 17 heavy (non-hydrogen) atoms. The van der Waals surface area contributed by atoms with Crippen LogP contribution in [0.4, 0.5) is 5.69 Å². The molecule has 0 aliphatic carbocycles. The van der Waals surface area contributed by atoms with Crippen molar-refractivity contribution in [2.75, 3.05) is 31.5 Å². The molecule has 1 unspecified atom stereocenters. The van der Waals surface area contributed by atoms with E-state index in [2.05, 4.69) is 16.7 Å². The number of carbonyl (C=O) groups excluding carboxylic acids is 1. The highest BCUT2D eigenvalue weighted by atomic mass is 16.2. The number of nitrogens with one attached hydrogen (secondary N) is 2. The van der Waals surface area contributed by atoms with E-state index in [0.29, 0.717) is 0 Å². The second-order valence-corrected chi connectivity index (χ2v) is 4.63. The van der Waals surface area contributed by atoms with Gasteiger partial charge in [-0.15, -0.1) is 0 Å². The summed E-state index contributed by atoms with van der Waals surface area (Å²) >= 11 is 0. The fraction of sp³-hybridized carbons (Fsp3) is 0.462. The van der Waals surface area contributed by atoms with Crippen molar-refractivity contribution in [1.82, 2.24) is 10.2 Å². The predicted molar refractivity (Wildman–Crippen MR) is 67.0 cm³/mol. The summed E-state index contributed by atoms with van der Waals surface area (Å²) in [4.78, 5) is 14.3. The molecule has 4 heteroatoms. The van der Waals surface area contributed by atoms with Crippen LogP contribution in [0.1, 0.15) is 5.56 Å². The number of nitrogens with zero attached hydrogens (tertiary/aromatic N) is 1. The van der Waals surface area contributed by atoms with Crippen molar-refractivity contribution in [3.05, 3.63) is 29.8 Å². The van der Waals surface area contributed by atoms with Crippen LogP contribution in [0.25, 0.3) is 0 Å². The summed E-state index contributed by atoms with van der Waals surface area (Å²) < 4.78 is 0. The number of para-hydroxylation sites is 1. The lowest BCUT2D eigenvalue weighted by Gasteiger charge is -2.29. The quantitative estimate of drug-likeness (QED) is 0.738. The summed E-state index contributed by atoms with van der Waals surface area (Å²) in [5.74, 6) is 0.239. The Bertz CT molecular complexity index is 401. The number of carbonyl (C=O) groups is 1. The second kappa shape index (κ2) is 4.37. The van der Waals surface area contributed by atoms with Crippen LogP contribution in [-0.2, 0) is 11.2 Å². The topological polar surface area (TPSA) is 44.4 Å². The number of benzene rings is 1. The van der Waals surface area contributed by atoms with Crippen molar-refractivity contribution in [3.8, 4) is 0 Å². The Morgan fingerprint density at radius 3 is 2.76 bits per heavy atom. The average Bonchev–Trinajstić information content (AvgIpc) is 2.82. The third-order valence-corrected chi connectivity index (χ3v) is 3.50. The molecule has 3 rings (SSSR count). The van der Waals surface area contributed by atoms with E-state index in [1.165, 1.54) is 5.56 Å². The van der Waals surface area contributed by atoms with Gasteiger partial charge in [-0.2, -0.15) is 0 Å². The smallest absolute Gasteiger partial charge is 0.245 e. The van der Waals surface area contributed by atoms with Gasteiger partial charge in [-0.05, 0) is 11.6 Å². The third kappa shape index (κ3) is 2.00. The summed E-state index contributed by atoms with van der Waals surface area (Å²) in [6.45, 7) is 3.47. The highest BCUT2D eigenvalue weighted by molar-refractivity contribution is 5.87. The van der Waals surface area contributed by atoms with Gasteiger partial charge in [0.2, 0.25) is 5.91 Å². The van der Waals surface area contributed by atoms with Crippen molar-refractivity contribution >= 4 is 11.6 Å². The van der Waals surface area contributed by atoms with Crippen molar-refractivity contribution in [1.29, 1.82) is 0 Å². The minimum Gasteiger partial charge on any atom is -0.373 e. The van der Waals surface area contributed by atoms with Gasteiger partial charge in [0.25, 0.3) is 0 Å². The van der Waals surface area contributed by atoms with Gasteiger partial charge in [0.05, 0.1) is 0 Å². The maximum atomic E-state index is 12.3. The lowest BCUT2D eigenvalue weighted by atomic mass is 10.1. The SMILES string of the molecule is O=C(C1Cc2ccccc2N1)N1CCNCC1. The van der Waals surface area contributed by atoms with Crippen LogP contribution < -0.4 is 10.6 Å². The first-order chi connectivity index (χ1) is 8.34. The summed E-state index contributed by atoms with van der Waals surface area (Å²) in [6, 6.07) is 8.10. The molecule has 4 nitrogen and oxygen atoms in total. The van der Waals surface area contributed by atoms with Gasteiger partial charge in [0, 0.05) is 38.3 Å². The van der Waals surface area contributed by atoms with E-state index in [-0.39, 0.29) is 11.9 Å². The lowest BCUT2D eigenvalue weighted by Crippen LogP contribution is -2.51. The van der Waals surface area contributed by atoms with Gasteiger partial charge >= 0.3 is 0 Å². The molecule has 90 valence electrons. The minimum atomic E-state index is -0.0644. The Labute approximate surface area is 101 Å². The van der Waals surface area contributed by atoms with E-state index in [1.807, 2.05) is 23.1 Å². The number of piperazine rings is 1. The normalized spacial score (nSPS) is 23.1. The highest BCUT2D eigenvalue weighted by Crippen LogP contribution is 2.25. The number of anilines is 1. The first-order valence-corrected chi connectivity index (χ1v) is 6.18. The van der Waals surface area contributed by atoms with Crippen LogP contribution in [-0.4, -0.2) is 43.0 Å². The number of hydrogen-bond acceptors (Lipinski definition) is 3. The van der Waals surface area contributed by atoms with E-state index in [0.717, 1.165) is 38.3 Å².